The van der Waals surface area contributed by atoms with Crippen LogP contribution in [0.1, 0.15) is 46.9 Å². The molecule has 0 saturated carbocycles. The average Bonchev–Trinajstić information content (AvgIpc) is 3.09. The molecular weight excluding hydrogens is 416 g/mol. The molecule has 0 spiro atoms. The van der Waals surface area contributed by atoms with Gasteiger partial charge in [-0.05, 0) is 43.0 Å². The van der Waals surface area contributed by atoms with Gasteiger partial charge < -0.3 is 20.9 Å². The molecule has 0 saturated heterocycles. The van der Waals surface area contributed by atoms with E-state index in [1.807, 2.05) is 18.2 Å². The van der Waals surface area contributed by atoms with Crippen LogP contribution in [-0.4, -0.2) is 28.7 Å². The number of nitrogens with one attached hydrogen (secondary N) is 4. The van der Waals surface area contributed by atoms with Crippen molar-refractivity contribution in [3.63, 3.8) is 0 Å². The summed E-state index contributed by atoms with van der Waals surface area (Å²) in [6.45, 7) is 0. The van der Waals surface area contributed by atoms with Gasteiger partial charge in [0, 0.05) is 11.1 Å². The standard InChI is InChI=1S/C23H21ClN4O3/c24-15-8-3-6-12-13-7-4-10-17(21(13)28-20(12)15)25-19(29)11-18-23(31)26-16-9-2-1-5-14(16)22(30)27-18/h1-3,5-6,8-9,17-18,28H,4,7,10-11H2,(H,25,29)(H,26,31)(H,27,30). The Bertz CT molecular complexity index is 1220. The van der Waals surface area contributed by atoms with Gasteiger partial charge in [-0.15, -0.1) is 0 Å². The molecule has 3 aromatic rings. The number of benzene rings is 2. The van der Waals surface area contributed by atoms with Crippen molar-refractivity contribution >= 4 is 45.9 Å². The Hall–Kier alpha value is -3.32. The summed E-state index contributed by atoms with van der Waals surface area (Å²) in [5, 5.41) is 10.2. The van der Waals surface area contributed by atoms with Gasteiger partial charge in [0.25, 0.3) is 5.91 Å². The molecule has 3 amide bonds. The number of fused-ring (bicyclic) bond motifs is 4. The molecule has 2 atom stereocenters. The number of aromatic amines is 1. The zero-order valence-corrected chi connectivity index (χ0v) is 17.4. The second-order valence-corrected chi connectivity index (χ2v) is 8.36. The van der Waals surface area contributed by atoms with Gasteiger partial charge in [-0.25, -0.2) is 0 Å². The predicted molar refractivity (Wildman–Crippen MR) is 118 cm³/mol. The Morgan fingerprint density at radius 1 is 1.13 bits per heavy atom. The number of hydrogen-bond acceptors (Lipinski definition) is 3. The van der Waals surface area contributed by atoms with Crippen molar-refractivity contribution in [2.24, 2.45) is 0 Å². The third kappa shape index (κ3) is 3.55. The van der Waals surface area contributed by atoms with E-state index in [0.29, 0.717) is 16.3 Å². The van der Waals surface area contributed by atoms with Crippen LogP contribution in [0.25, 0.3) is 10.9 Å². The minimum absolute atomic E-state index is 0.140. The van der Waals surface area contributed by atoms with Crippen molar-refractivity contribution in [1.29, 1.82) is 0 Å². The molecule has 0 bridgehead atoms. The van der Waals surface area contributed by atoms with Crippen LogP contribution in [0.3, 0.4) is 0 Å². The van der Waals surface area contributed by atoms with Crippen molar-refractivity contribution < 1.29 is 14.4 Å². The van der Waals surface area contributed by atoms with Crippen LogP contribution in [0.2, 0.25) is 5.02 Å². The number of H-pyrrole nitrogens is 1. The van der Waals surface area contributed by atoms with E-state index in [2.05, 4.69) is 20.9 Å². The first-order chi connectivity index (χ1) is 15.0. The van der Waals surface area contributed by atoms with E-state index < -0.39 is 11.9 Å². The summed E-state index contributed by atoms with van der Waals surface area (Å²) in [6.07, 6.45) is 2.50. The highest BCUT2D eigenvalue weighted by molar-refractivity contribution is 6.35. The van der Waals surface area contributed by atoms with E-state index >= 15 is 0 Å². The third-order valence-corrected chi connectivity index (χ3v) is 6.28. The van der Waals surface area contributed by atoms with Gasteiger partial charge >= 0.3 is 0 Å². The molecule has 2 unspecified atom stereocenters. The molecule has 2 heterocycles. The van der Waals surface area contributed by atoms with Gasteiger partial charge in [0.1, 0.15) is 6.04 Å². The van der Waals surface area contributed by atoms with E-state index in [-0.39, 0.29) is 24.3 Å². The zero-order valence-electron chi connectivity index (χ0n) is 16.6. The number of rotatable bonds is 3. The molecule has 1 aliphatic carbocycles. The molecule has 1 aliphatic heterocycles. The van der Waals surface area contributed by atoms with Gasteiger partial charge in [0.2, 0.25) is 11.8 Å². The number of carbonyl (C=O) groups is 3. The molecule has 5 rings (SSSR count). The van der Waals surface area contributed by atoms with Crippen LogP contribution in [0.15, 0.2) is 42.5 Å². The number of aryl methyl sites for hydroxylation is 1. The first-order valence-corrected chi connectivity index (χ1v) is 10.7. The third-order valence-electron chi connectivity index (χ3n) is 5.97. The van der Waals surface area contributed by atoms with Crippen LogP contribution >= 0.6 is 11.6 Å². The lowest BCUT2D eigenvalue weighted by molar-refractivity contribution is -0.126. The fourth-order valence-electron chi connectivity index (χ4n) is 4.49. The maximum absolute atomic E-state index is 12.8. The summed E-state index contributed by atoms with van der Waals surface area (Å²) in [4.78, 5) is 41.3. The summed E-state index contributed by atoms with van der Waals surface area (Å²) in [6, 6.07) is 11.4. The molecule has 2 aliphatic rings. The maximum Gasteiger partial charge on any atom is 0.254 e. The predicted octanol–water partition coefficient (Wildman–Crippen LogP) is 3.46. The highest BCUT2D eigenvalue weighted by atomic mass is 35.5. The Morgan fingerprint density at radius 3 is 2.84 bits per heavy atom. The van der Waals surface area contributed by atoms with Crippen LogP contribution in [0.4, 0.5) is 5.69 Å². The van der Waals surface area contributed by atoms with Gasteiger partial charge in [-0.1, -0.05) is 35.9 Å². The molecule has 8 heteroatoms. The number of amides is 3. The van der Waals surface area contributed by atoms with E-state index in [9.17, 15) is 14.4 Å². The summed E-state index contributed by atoms with van der Waals surface area (Å²) >= 11 is 6.34. The smallest absolute Gasteiger partial charge is 0.254 e. The van der Waals surface area contributed by atoms with Crippen LogP contribution in [0.5, 0.6) is 0 Å². The van der Waals surface area contributed by atoms with E-state index in [0.717, 1.165) is 35.9 Å². The normalized spacial score (nSPS) is 20.3. The van der Waals surface area contributed by atoms with E-state index in [4.69, 9.17) is 11.6 Å². The molecule has 1 aromatic heterocycles. The fraction of sp³-hybridized carbons (Fsp3) is 0.261. The first kappa shape index (κ1) is 19.6. The topological polar surface area (TPSA) is 103 Å². The monoisotopic (exact) mass is 436 g/mol. The summed E-state index contributed by atoms with van der Waals surface area (Å²) < 4.78 is 0. The Labute approximate surface area is 183 Å². The summed E-state index contributed by atoms with van der Waals surface area (Å²) in [5.74, 6) is -1.08. The lowest BCUT2D eigenvalue weighted by atomic mass is 9.91. The molecule has 2 aromatic carbocycles. The molecule has 0 fully saturated rings. The van der Waals surface area contributed by atoms with Crippen molar-refractivity contribution in [3.8, 4) is 0 Å². The number of anilines is 1. The lowest BCUT2D eigenvalue weighted by Gasteiger charge is -2.24. The highest BCUT2D eigenvalue weighted by Crippen LogP contribution is 2.37. The van der Waals surface area contributed by atoms with Gasteiger partial charge in [0.05, 0.1) is 34.3 Å². The van der Waals surface area contributed by atoms with Crippen molar-refractivity contribution in [2.45, 2.75) is 37.8 Å². The number of halogens is 1. The molecule has 31 heavy (non-hydrogen) atoms. The Balaban J connectivity index is 1.33. The quantitative estimate of drug-likeness (QED) is 0.505. The second-order valence-electron chi connectivity index (χ2n) is 7.96. The van der Waals surface area contributed by atoms with Crippen molar-refractivity contribution in [2.75, 3.05) is 5.32 Å². The first-order valence-electron chi connectivity index (χ1n) is 10.3. The number of para-hydroxylation sites is 2. The van der Waals surface area contributed by atoms with E-state index in [1.165, 1.54) is 5.56 Å². The zero-order chi connectivity index (χ0) is 21.5. The molecular formula is C23H21ClN4O3. The average molecular weight is 437 g/mol. The van der Waals surface area contributed by atoms with Gasteiger partial charge in [0.15, 0.2) is 0 Å². The maximum atomic E-state index is 12.8. The molecule has 4 N–H and O–H groups in total. The Kier molecular flexibility index (Phi) is 4.90. The Morgan fingerprint density at radius 2 is 1.97 bits per heavy atom. The van der Waals surface area contributed by atoms with Crippen LogP contribution < -0.4 is 16.0 Å². The number of aromatic nitrogens is 1. The SMILES string of the molecule is O=C(CC1NC(=O)c2ccccc2NC1=O)NC1CCCc2c1[nH]c1c(Cl)cccc21. The highest BCUT2D eigenvalue weighted by Gasteiger charge is 2.31. The van der Waals surface area contributed by atoms with Gasteiger partial charge in [-0.2, -0.15) is 0 Å². The van der Waals surface area contributed by atoms with Crippen molar-refractivity contribution in [3.05, 3.63) is 64.3 Å². The molecule has 0 radical (unpaired) electrons. The van der Waals surface area contributed by atoms with Crippen molar-refractivity contribution in [1.82, 2.24) is 15.6 Å². The second kappa shape index (κ2) is 7.74. The largest absolute Gasteiger partial charge is 0.355 e. The summed E-state index contributed by atoms with van der Waals surface area (Å²) in [7, 11) is 0. The van der Waals surface area contributed by atoms with Crippen LogP contribution in [-0.2, 0) is 16.0 Å². The van der Waals surface area contributed by atoms with E-state index in [1.54, 1.807) is 24.3 Å². The lowest BCUT2D eigenvalue weighted by Crippen LogP contribution is -2.45. The molecule has 7 nitrogen and oxygen atoms in total. The fourth-order valence-corrected chi connectivity index (χ4v) is 4.71. The molecule has 158 valence electrons. The minimum atomic E-state index is -0.944. The number of hydrogen-bond donors (Lipinski definition) is 4. The number of carbonyl (C=O) groups excluding carboxylic acids is 3. The summed E-state index contributed by atoms with van der Waals surface area (Å²) in [5.41, 5.74) is 3.84. The van der Waals surface area contributed by atoms with Crippen LogP contribution in [0, 0.1) is 0 Å². The van der Waals surface area contributed by atoms with Gasteiger partial charge in [-0.3, -0.25) is 14.4 Å². The minimum Gasteiger partial charge on any atom is -0.355 e.